The zero-order valence-corrected chi connectivity index (χ0v) is 18.9. The first-order chi connectivity index (χ1) is 14.1. The maximum Gasteiger partial charge on any atom is 0.334 e. The Bertz CT molecular complexity index is 780. The summed E-state index contributed by atoms with van der Waals surface area (Å²) in [5.41, 5.74) is -0.239. The topological polar surface area (TPSA) is 114 Å². The largest absolute Gasteiger partial charge is 0.466 e. The van der Waals surface area contributed by atoms with Crippen molar-refractivity contribution in [1.82, 2.24) is 0 Å². The second-order valence-electron chi connectivity index (χ2n) is 6.21. The molecule has 0 amide bonds. The highest BCUT2D eigenvalue weighted by Gasteiger charge is 2.37. The van der Waals surface area contributed by atoms with Crippen LogP contribution in [0.15, 0.2) is 18.2 Å². The normalized spacial score (nSPS) is 12.2. The zero-order chi connectivity index (χ0) is 22.7. The lowest BCUT2D eigenvalue weighted by molar-refractivity contribution is -0.143. The molecule has 0 fully saturated rings. The van der Waals surface area contributed by atoms with Gasteiger partial charge < -0.3 is 23.3 Å². The Hall–Kier alpha value is -2.22. The molecule has 0 saturated heterocycles. The number of ether oxygens (including phenoxy) is 3. The molecule has 1 rings (SSSR count). The van der Waals surface area contributed by atoms with Gasteiger partial charge in [-0.25, -0.2) is 0 Å². The molecule has 0 saturated carbocycles. The second-order valence-corrected chi connectivity index (χ2v) is 8.54. The van der Waals surface area contributed by atoms with Crippen molar-refractivity contribution in [3.8, 4) is 11.5 Å². The molecule has 0 aliphatic rings. The van der Waals surface area contributed by atoms with Crippen LogP contribution in [0.1, 0.15) is 46.6 Å². The van der Waals surface area contributed by atoms with Crippen LogP contribution in [0.3, 0.4) is 0 Å². The summed E-state index contributed by atoms with van der Waals surface area (Å²) in [4.78, 5) is 34.8. The minimum absolute atomic E-state index is 0.0349. The van der Waals surface area contributed by atoms with Gasteiger partial charge in [0.1, 0.15) is 0 Å². The SMILES string of the molecule is CCOC(=O)CC(Cc1ccc(OC(C)=O)c(OC(C)=O)c1)P(=O)(OCC)OCC. The van der Waals surface area contributed by atoms with Gasteiger partial charge in [-0.2, -0.15) is 0 Å². The van der Waals surface area contributed by atoms with Gasteiger partial charge in [-0.15, -0.1) is 0 Å². The number of hydrogen-bond acceptors (Lipinski definition) is 9. The molecule has 168 valence electrons. The lowest BCUT2D eigenvalue weighted by Crippen LogP contribution is -2.22. The van der Waals surface area contributed by atoms with Gasteiger partial charge in [0.15, 0.2) is 11.5 Å². The third-order valence-electron chi connectivity index (χ3n) is 3.76. The van der Waals surface area contributed by atoms with Crippen LogP contribution < -0.4 is 9.47 Å². The summed E-state index contributed by atoms with van der Waals surface area (Å²) < 4.78 is 39.4. The molecule has 0 heterocycles. The van der Waals surface area contributed by atoms with Crippen molar-refractivity contribution in [1.29, 1.82) is 0 Å². The van der Waals surface area contributed by atoms with E-state index in [4.69, 9.17) is 23.3 Å². The van der Waals surface area contributed by atoms with Gasteiger partial charge in [0.25, 0.3) is 0 Å². The van der Waals surface area contributed by atoms with E-state index in [1.165, 1.54) is 26.0 Å². The summed E-state index contributed by atoms with van der Waals surface area (Å²) in [6.45, 7) is 7.94. The van der Waals surface area contributed by atoms with E-state index in [9.17, 15) is 18.9 Å². The molecule has 0 aliphatic carbocycles. The molecule has 0 spiro atoms. The zero-order valence-electron chi connectivity index (χ0n) is 18.0. The molecule has 30 heavy (non-hydrogen) atoms. The fourth-order valence-electron chi connectivity index (χ4n) is 2.74. The van der Waals surface area contributed by atoms with Crippen molar-refractivity contribution in [3.63, 3.8) is 0 Å². The van der Waals surface area contributed by atoms with Crippen molar-refractivity contribution in [3.05, 3.63) is 23.8 Å². The van der Waals surface area contributed by atoms with Crippen LogP contribution in [0.25, 0.3) is 0 Å². The standard InChI is InChI=1S/C20H29O9P/c1-6-25-20(23)13-17(30(24,26-7-2)27-8-3)11-16-9-10-18(28-14(4)21)19(12-16)29-15(5)22/h9-10,12,17H,6-8,11,13H2,1-5H3. The van der Waals surface area contributed by atoms with Gasteiger partial charge in [-0.05, 0) is 44.9 Å². The highest BCUT2D eigenvalue weighted by atomic mass is 31.2. The molecule has 10 heteroatoms. The highest BCUT2D eigenvalue weighted by molar-refractivity contribution is 7.54. The minimum Gasteiger partial charge on any atom is -0.466 e. The number of esters is 3. The smallest absolute Gasteiger partial charge is 0.334 e. The number of carbonyl (C=O) groups excluding carboxylic acids is 3. The monoisotopic (exact) mass is 444 g/mol. The number of hydrogen-bond donors (Lipinski definition) is 0. The van der Waals surface area contributed by atoms with E-state index in [0.717, 1.165) is 0 Å². The Morgan fingerprint density at radius 2 is 1.47 bits per heavy atom. The molecule has 9 nitrogen and oxygen atoms in total. The van der Waals surface area contributed by atoms with Crippen LogP contribution >= 0.6 is 7.60 Å². The third kappa shape index (κ3) is 8.26. The summed E-state index contributed by atoms with van der Waals surface area (Å²) in [5.74, 6) is -1.60. The first-order valence-corrected chi connectivity index (χ1v) is 11.3. The Morgan fingerprint density at radius 3 is 1.97 bits per heavy atom. The fraction of sp³-hybridized carbons (Fsp3) is 0.550. The Kier molecular flexibility index (Phi) is 10.7. The maximum atomic E-state index is 13.3. The van der Waals surface area contributed by atoms with Crippen molar-refractivity contribution < 1.29 is 42.2 Å². The Labute approximate surface area is 176 Å². The van der Waals surface area contributed by atoms with Crippen LogP contribution in [-0.4, -0.2) is 43.4 Å². The van der Waals surface area contributed by atoms with Crippen molar-refractivity contribution in [2.24, 2.45) is 0 Å². The summed E-state index contributed by atoms with van der Waals surface area (Å²) >= 11 is 0. The number of carbonyl (C=O) groups is 3. The first kappa shape index (κ1) is 25.8. The lowest BCUT2D eigenvalue weighted by atomic mass is 10.1. The summed E-state index contributed by atoms with van der Waals surface area (Å²) in [5, 5.41) is 0. The van der Waals surface area contributed by atoms with Crippen LogP contribution in [0.4, 0.5) is 0 Å². The fourth-order valence-corrected chi connectivity index (χ4v) is 4.76. The number of rotatable bonds is 12. The van der Waals surface area contributed by atoms with Gasteiger partial charge in [-0.3, -0.25) is 18.9 Å². The van der Waals surface area contributed by atoms with Crippen molar-refractivity contribution >= 4 is 25.5 Å². The quantitative estimate of drug-likeness (QED) is 0.271. The Balaban J connectivity index is 3.28. The Morgan fingerprint density at radius 1 is 0.900 bits per heavy atom. The molecule has 1 aromatic rings. The van der Waals surface area contributed by atoms with E-state index in [0.29, 0.717) is 5.56 Å². The molecule has 1 unspecified atom stereocenters. The van der Waals surface area contributed by atoms with Gasteiger partial charge in [0, 0.05) is 13.8 Å². The summed E-state index contributed by atoms with van der Waals surface area (Å²) in [6, 6.07) is 4.56. The average Bonchev–Trinajstić information content (AvgIpc) is 2.63. The summed E-state index contributed by atoms with van der Waals surface area (Å²) in [7, 11) is -3.64. The molecule has 1 aromatic carbocycles. The van der Waals surface area contributed by atoms with Gasteiger partial charge in [0.05, 0.1) is 31.9 Å². The average molecular weight is 444 g/mol. The molecule has 1 atom stereocenters. The van der Waals surface area contributed by atoms with E-state index in [1.54, 1.807) is 26.8 Å². The van der Waals surface area contributed by atoms with Crippen molar-refractivity contribution in [2.45, 2.75) is 53.1 Å². The van der Waals surface area contributed by atoms with Crippen molar-refractivity contribution in [2.75, 3.05) is 19.8 Å². The van der Waals surface area contributed by atoms with Gasteiger partial charge >= 0.3 is 25.5 Å². The molecule has 0 N–H and O–H groups in total. The predicted molar refractivity (Wildman–Crippen MR) is 109 cm³/mol. The van der Waals surface area contributed by atoms with E-state index in [1.807, 2.05) is 0 Å². The van der Waals surface area contributed by atoms with Crippen LogP contribution in [-0.2, 0) is 39.2 Å². The van der Waals surface area contributed by atoms with Crippen LogP contribution in [0.2, 0.25) is 0 Å². The van der Waals surface area contributed by atoms with E-state index >= 15 is 0 Å². The molecule has 0 radical (unpaired) electrons. The third-order valence-corrected chi connectivity index (χ3v) is 6.26. The minimum atomic E-state index is -3.64. The van der Waals surface area contributed by atoms with Gasteiger partial charge in [-0.1, -0.05) is 6.07 Å². The van der Waals surface area contributed by atoms with E-state index in [2.05, 4.69) is 0 Å². The molecule has 0 aromatic heterocycles. The van der Waals surface area contributed by atoms with Gasteiger partial charge in [0.2, 0.25) is 0 Å². The summed E-state index contributed by atoms with van der Waals surface area (Å²) in [6.07, 6.45) is -0.0651. The predicted octanol–water partition coefficient (Wildman–Crippen LogP) is 3.67. The molecule has 0 aliphatic heterocycles. The second kappa shape index (κ2) is 12.5. The van der Waals surface area contributed by atoms with Crippen LogP contribution in [0, 0.1) is 0 Å². The molecule has 0 bridgehead atoms. The highest BCUT2D eigenvalue weighted by Crippen LogP contribution is 2.55. The lowest BCUT2D eigenvalue weighted by Gasteiger charge is -2.26. The maximum absolute atomic E-state index is 13.3. The number of benzene rings is 1. The molecular weight excluding hydrogens is 415 g/mol. The van der Waals surface area contributed by atoms with E-state index in [-0.39, 0.29) is 44.2 Å². The molecular formula is C20H29O9P. The van der Waals surface area contributed by atoms with Crippen LogP contribution in [0.5, 0.6) is 11.5 Å². The van der Waals surface area contributed by atoms with E-state index < -0.39 is 31.2 Å². The first-order valence-electron chi connectivity index (χ1n) is 9.69.